The summed E-state index contributed by atoms with van der Waals surface area (Å²) in [6.45, 7) is 6.65. The third-order valence-corrected chi connectivity index (χ3v) is 8.95. The van der Waals surface area contributed by atoms with E-state index in [9.17, 15) is 4.79 Å². The molecule has 0 radical (unpaired) electrons. The van der Waals surface area contributed by atoms with Crippen LogP contribution in [0.15, 0.2) is 84.0 Å². The zero-order chi connectivity index (χ0) is 24.2. The van der Waals surface area contributed by atoms with Crippen molar-refractivity contribution in [2.24, 2.45) is 0 Å². The van der Waals surface area contributed by atoms with Crippen molar-refractivity contribution in [2.75, 3.05) is 10.7 Å². The molecule has 6 rings (SSSR count). The van der Waals surface area contributed by atoms with Gasteiger partial charge in [-0.15, -0.1) is 10.2 Å². The molecule has 0 aliphatic carbocycles. The Bertz CT molecular complexity index is 1560. The van der Waals surface area contributed by atoms with Crippen LogP contribution >= 0.6 is 23.1 Å². The number of rotatable bonds is 4. The lowest BCUT2D eigenvalue weighted by Gasteiger charge is -2.51. The first kappa shape index (κ1) is 22.3. The van der Waals surface area contributed by atoms with Gasteiger partial charge >= 0.3 is 0 Å². The molecule has 0 saturated heterocycles. The van der Waals surface area contributed by atoms with Gasteiger partial charge in [0.05, 0.1) is 16.0 Å². The van der Waals surface area contributed by atoms with Crippen molar-refractivity contribution >= 4 is 49.9 Å². The van der Waals surface area contributed by atoms with Crippen molar-refractivity contribution in [3.05, 3.63) is 90.0 Å². The Hall–Kier alpha value is -3.16. The van der Waals surface area contributed by atoms with Gasteiger partial charge in [0.1, 0.15) is 0 Å². The Morgan fingerprint density at radius 1 is 0.943 bits per heavy atom. The minimum atomic E-state index is -0.355. The van der Waals surface area contributed by atoms with Gasteiger partial charge in [-0.3, -0.25) is 9.20 Å². The summed E-state index contributed by atoms with van der Waals surface area (Å²) in [5.74, 6) is 0.379. The second-order valence-electron chi connectivity index (χ2n) is 9.89. The van der Waals surface area contributed by atoms with E-state index in [1.165, 1.54) is 22.9 Å². The Labute approximate surface area is 212 Å². The predicted octanol–water partition coefficient (Wildman–Crippen LogP) is 6.56. The summed E-state index contributed by atoms with van der Waals surface area (Å²) in [4.78, 5) is 16.7. The van der Waals surface area contributed by atoms with Crippen molar-refractivity contribution in [1.29, 1.82) is 0 Å². The molecule has 0 saturated carbocycles. The predicted molar refractivity (Wildman–Crippen MR) is 145 cm³/mol. The van der Waals surface area contributed by atoms with E-state index in [1.54, 1.807) is 11.3 Å². The summed E-state index contributed by atoms with van der Waals surface area (Å²) < 4.78 is 3.22. The van der Waals surface area contributed by atoms with Crippen molar-refractivity contribution < 1.29 is 4.79 Å². The van der Waals surface area contributed by atoms with Crippen LogP contribution in [-0.4, -0.2) is 31.8 Å². The molecule has 0 spiro atoms. The molecule has 35 heavy (non-hydrogen) atoms. The Kier molecular flexibility index (Phi) is 5.23. The third-order valence-electron chi connectivity index (χ3n) is 7.03. The molecule has 3 heterocycles. The topological polar surface area (TPSA) is 50.5 Å². The number of carbonyl (C=O) groups excluding carboxylic acids is 1. The van der Waals surface area contributed by atoms with Gasteiger partial charge in [0.25, 0.3) is 0 Å². The highest BCUT2D eigenvalue weighted by atomic mass is 32.2. The van der Waals surface area contributed by atoms with Gasteiger partial charge in [-0.1, -0.05) is 90.7 Å². The van der Waals surface area contributed by atoms with E-state index >= 15 is 0 Å². The fourth-order valence-electron chi connectivity index (χ4n) is 5.68. The molecule has 0 unspecified atom stereocenters. The number of amides is 1. The van der Waals surface area contributed by atoms with Gasteiger partial charge in [-0.05, 0) is 49.6 Å². The molecule has 3 aromatic carbocycles. The number of thiazole rings is 1. The molecule has 5 aromatic rings. The van der Waals surface area contributed by atoms with Crippen LogP contribution in [-0.2, 0) is 10.2 Å². The van der Waals surface area contributed by atoms with E-state index in [1.807, 2.05) is 23.1 Å². The SMILES string of the molecule is CC1(C)C[C@](C)(c2ccccc2)c2ccccc2N1C(=O)CSc1nnc2sc3ccccc3n12. The molecule has 1 amide bonds. The summed E-state index contributed by atoms with van der Waals surface area (Å²) >= 11 is 3.07. The van der Waals surface area contributed by atoms with Gasteiger partial charge < -0.3 is 4.90 Å². The first-order valence-corrected chi connectivity index (χ1v) is 13.5. The maximum Gasteiger partial charge on any atom is 0.237 e. The molecule has 1 aliphatic heterocycles. The number of carbonyl (C=O) groups is 1. The van der Waals surface area contributed by atoms with Gasteiger partial charge in [0.2, 0.25) is 10.9 Å². The molecule has 0 bridgehead atoms. The minimum absolute atomic E-state index is 0.0823. The number of nitrogens with zero attached hydrogens (tertiary/aromatic N) is 4. The first-order chi connectivity index (χ1) is 16.9. The largest absolute Gasteiger partial charge is 0.306 e. The number of benzene rings is 3. The van der Waals surface area contributed by atoms with Crippen LogP contribution in [0.4, 0.5) is 5.69 Å². The van der Waals surface area contributed by atoms with Crippen LogP contribution in [0.3, 0.4) is 0 Å². The highest BCUT2D eigenvalue weighted by Crippen LogP contribution is 2.50. The fraction of sp³-hybridized carbons (Fsp3) is 0.250. The highest BCUT2D eigenvalue weighted by molar-refractivity contribution is 7.99. The van der Waals surface area contributed by atoms with Crippen molar-refractivity contribution in [2.45, 2.75) is 43.3 Å². The monoisotopic (exact) mass is 498 g/mol. The van der Waals surface area contributed by atoms with E-state index in [0.29, 0.717) is 5.75 Å². The number of fused-ring (bicyclic) bond motifs is 4. The van der Waals surface area contributed by atoms with Crippen LogP contribution in [0.5, 0.6) is 0 Å². The van der Waals surface area contributed by atoms with Crippen molar-refractivity contribution in [1.82, 2.24) is 14.6 Å². The molecule has 176 valence electrons. The molecule has 0 N–H and O–H groups in total. The Morgan fingerprint density at radius 2 is 1.66 bits per heavy atom. The van der Waals surface area contributed by atoms with Crippen LogP contribution in [0.25, 0.3) is 15.2 Å². The van der Waals surface area contributed by atoms with Crippen molar-refractivity contribution in [3.63, 3.8) is 0 Å². The fourth-order valence-corrected chi connectivity index (χ4v) is 7.49. The van der Waals surface area contributed by atoms with Crippen LogP contribution in [0, 0.1) is 0 Å². The zero-order valence-corrected chi connectivity index (χ0v) is 21.6. The van der Waals surface area contributed by atoms with Crippen LogP contribution in [0.2, 0.25) is 0 Å². The molecule has 1 atom stereocenters. The number of para-hydroxylation sites is 2. The van der Waals surface area contributed by atoms with E-state index in [2.05, 4.69) is 96.0 Å². The zero-order valence-electron chi connectivity index (χ0n) is 19.9. The Balaban J connectivity index is 1.34. The van der Waals surface area contributed by atoms with Gasteiger partial charge in [0.15, 0.2) is 5.16 Å². The average Bonchev–Trinajstić information content (AvgIpc) is 3.42. The number of hydrogen-bond acceptors (Lipinski definition) is 5. The summed E-state index contributed by atoms with van der Waals surface area (Å²) in [5.41, 5.74) is 4.00. The van der Waals surface area contributed by atoms with E-state index in [-0.39, 0.29) is 16.9 Å². The Morgan fingerprint density at radius 3 is 2.49 bits per heavy atom. The average molecular weight is 499 g/mol. The standard InChI is InChI=1S/C28H26N4OS2/c1-27(2)18-28(3,19-11-5-4-6-12-19)20-13-7-8-14-21(20)32(27)24(33)17-34-25-29-30-26-31(25)22-15-9-10-16-23(22)35-26/h4-16H,17-18H2,1-3H3/t28-/m1/s1. The summed E-state index contributed by atoms with van der Waals surface area (Å²) in [6.07, 6.45) is 0.835. The highest BCUT2D eigenvalue weighted by Gasteiger charge is 2.47. The van der Waals surface area contributed by atoms with Gasteiger partial charge in [-0.2, -0.15) is 0 Å². The van der Waals surface area contributed by atoms with E-state index in [4.69, 9.17) is 0 Å². The smallest absolute Gasteiger partial charge is 0.237 e. The van der Waals surface area contributed by atoms with Crippen LogP contribution < -0.4 is 4.90 Å². The quantitative estimate of drug-likeness (QED) is 0.263. The summed E-state index contributed by atoms with van der Waals surface area (Å²) in [5, 5.41) is 9.48. The number of thioether (sulfide) groups is 1. The summed E-state index contributed by atoms with van der Waals surface area (Å²) in [6, 6.07) is 27.2. The molecule has 5 nitrogen and oxygen atoms in total. The molecule has 0 fully saturated rings. The lowest BCUT2D eigenvalue weighted by molar-refractivity contribution is -0.117. The maximum atomic E-state index is 13.8. The normalized spacial score (nSPS) is 19.2. The number of anilines is 1. The van der Waals surface area contributed by atoms with Crippen molar-refractivity contribution in [3.8, 4) is 0 Å². The lowest BCUT2D eigenvalue weighted by Crippen LogP contribution is -2.56. The molecule has 1 aliphatic rings. The number of aromatic nitrogens is 3. The van der Waals surface area contributed by atoms with Gasteiger partial charge in [0, 0.05) is 16.6 Å². The lowest BCUT2D eigenvalue weighted by atomic mass is 9.65. The summed E-state index contributed by atoms with van der Waals surface area (Å²) in [7, 11) is 0. The second-order valence-corrected chi connectivity index (χ2v) is 11.8. The molecule has 7 heteroatoms. The van der Waals surface area contributed by atoms with E-state index in [0.717, 1.165) is 32.4 Å². The second kappa shape index (κ2) is 8.21. The third kappa shape index (κ3) is 3.56. The molecular weight excluding hydrogens is 472 g/mol. The van der Waals surface area contributed by atoms with Gasteiger partial charge in [-0.25, -0.2) is 0 Å². The first-order valence-electron chi connectivity index (χ1n) is 11.7. The molecular formula is C28H26N4OS2. The minimum Gasteiger partial charge on any atom is -0.306 e. The maximum absolute atomic E-state index is 13.8. The molecule has 2 aromatic heterocycles. The van der Waals surface area contributed by atoms with Crippen LogP contribution in [0.1, 0.15) is 38.3 Å². The van der Waals surface area contributed by atoms with E-state index < -0.39 is 0 Å². The number of hydrogen-bond donors (Lipinski definition) is 0.